The van der Waals surface area contributed by atoms with E-state index >= 15 is 0 Å². The van der Waals surface area contributed by atoms with E-state index in [1.807, 2.05) is 36.2 Å². The third-order valence-corrected chi connectivity index (χ3v) is 3.78. The molecule has 0 saturated carbocycles. The molecule has 0 bridgehead atoms. The molecular formula is C16H21N3O3. The summed E-state index contributed by atoms with van der Waals surface area (Å²) < 4.78 is 10.8. The quantitative estimate of drug-likeness (QED) is 0.913. The molecule has 0 unspecified atom stereocenters. The predicted molar refractivity (Wildman–Crippen MR) is 84.4 cm³/mol. The van der Waals surface area contributed by atoms with Crippen molar-refractivity contribution < 1.29 is 14.3 Å². The van der Waals surface area contributed by atoms with Crippen molar-refractivity contribution in [1.82, 2.24) is 5.32 Å². The number of nitrogens with zero attached hydrogens (tertiary/aromatic N) is 2. The Labute approximate surface area is 130 Å². The number of hydrogen-bond donors (Lipinski definition) is 1. The van der Waals surface area contributed by atoms with Gasteiger partial charge in [-0.1, -0.05) is 0 Å². The standard InChI is InChI=1S/C16H21N3O3/c1-12-6-7-19(18-12)14-4-2-13(3-5-14)16(20)17-10-15-11-21-8-9-22-15/h2-5,15H,6-11H2,1H3,(H,17,20)/t15-/m0/s1. The van der Waals surface area contributed by atoms with Gasteiger partial charge in [0.15, 0.2) is 0 Å². The summed E-state index contributed by atoms with van der Waals surface area (Å²) in [5, 5.41) is 9.29. The number of carbonyl (C=O) groups is 1. The molecular weight excluding hydrogens is 282 g/mol. The monoisotopic (exact) mass is 303 g/mol. The first-order chi connectivity index (χ1) is 10.7. The van der Waals surface area contributed by atoms with Crippen molar-refractivity contribution in [2.75, 3.05) is 37.9 Å². The number of nitrogens with one attached hydrogen (secondary N) is 1. The molecule has 6 heteroatoms. The van der Waals surface area contributed by atoms with Gasteiger partial charge in [-0.15, -0.1) is 0 Å². The topological polar surface area (TPSA) is 63.2 Å². The first-order valence-electron chi connectivity index (χ1n) is 7.61. The van der Waals surface area contributed by atoms with Crippen molar-refractivity contribution in [2.24, 2.45) is 5.10 Å². The van der Waals surface area contributed by atoms with E-state index in [1.54, 1.807) is 0 Å². The number of benzene rings is 1. The van der Waals surface area contributed by atoms with Gasteiger partial charge in [-0.3, -0.25) is 9.80 Å². The van der Waals surface area contributed by atoms with Crippen LogP contribution in [0.1, 0.15) is 23.7 Å². The lowest BCUT2D eigenvalue weighted by Gasteiger charge is -2.23. The van der Waals surface area contributed by atoms with Gasteiger partial charge in [0.05, 0.1) is 31.6 Å². The van der Waals surface area contributed by atoms with Crippen molar-refractivity contribution in [2.45, 2.75) is 19.4 Å². The first kappa shape index (κ1) is 15.0. The van der Waals surface area contributed by atoms with Gasteiger partial charge in [0.2, 0.25) is 0 Å². The maximum atomic E-state index is 12.1. The molecule has 0 radical (unpaired) electrons. The van der Waals surface area contributed by atoms with Crippen molar-refractivity contribution >= 4 is 17.3 Å². The number of carbonyl (C=O) groups excluding carboxylic acids is 1. The van der Waals surface area contributed by atoms with Gasteiger partial charge in [0, 0.05) is 30.8 Å². The van der Waals surface area contributed by atoms with E-state index in [2.05, 4.69) is 10.4 Å². The Hall–Kier alpha value is -1.92. The molecule has 1 amide bonds. The van der Waals surface area contributed by atoms with Crippen LogP contribution in [0.15, 0.2) is 29.4 Å². The molecule has 2 aliphatic heterocycles. The molecule has 0 spiro atoms. The molecule has 1 atom stereocenters. The molecule has 1 aromatic rings. The molecule has 0 aliphatic carbocycles. The molecule has 3 rings (SSSR count). The van der Waals surface area contributed by atoms with Crippen molar-refractivity contribution in [3.63, 3.8) is 0 Å². The molecule has 6 nitrogen and oxygen atoms in total. The minimum atomic E-state index is -0.0955. The van der Waals surface area contributed by atoms with Crippen LogP contribution in [-0.4, -0.2) is 50.6 Å². The Morgan fingerprint density at radius 3 is 2.82 bits per heavy atom. The molecule has 1 fully saturated rings. The van der Waals surface area contributed by atoms with Crippen LogP contribution in [0.25, 0.3) is 0 Å². The highest BCUT2D eigenvalue weighted by Gasteiger charge is 2.16. The molecule has 1 saturated heterocycles. The summed E-state index contributed by atoms with van der Waals surface area (Å²) in [6, 6.07) is 7.51. The Balaban J connectivity index is 1.54. The lowest BCUT2D eigenvalue weighted by atomic mass is 10.2. The SMILES string of the molecule is CC1=NN(c2ccc(C(=O)NC[C@H]3COCCO3)cc2)CC1. The van der Waals surface area contributed by atoms with E-state index in [9.17, 15) is 4.79 Å². The van der Waals surface area contributed by atoms with E-state index in [0.29, 0.717) is 31.9 Å². The van der Waals surface area contributed by atoms with Crippen LogP contribution in [0.5, 0.6) is 0 Å². The van der Waals surface area contributed by atoms with Gasteiger partial charge in [0.25, 0.3) is 5.91 Å². The zero-order valence-electron chi connectivity index (χ0n) is 12.7. The Morgan fingerprint density at radius 2 is 2.18 bits per heavy atom. The minimum Gasteiger partial charge on any atom is -0.376 e. The van der Waals surface area contributed by atoms with E-state index in [-0.39, 0.29) is 12.0 Å². The number of hydrazone groups is 1. The highest BCUT2D eigenvalue weighted by molar-refractivity contribution is 5.94. The number of hydrogen-bond acceptors (Lipinski definition) is 5. The number of anilines is 1. The van der Waals surface area contributed by atoms with Crippen LogP contribution < -0.4 is 10.3 Å². The third-order valence-electron chi connectivity index (χ3n) is 3.78. The maximum Gasteiger partial charge on any atom is 0.251 e. The Morgan fingerprint density at radius 1 is 1.36 bits per heavy atom. The predicted octanol–water partition coefficient (Wildman–Crippen LogP) is 1.42. The van der Waals surface area contributed by atoms with Crippen molar-refractivity contribution in [3.8, 4) is 0 Å². The zero-order valence-corrected chi connectivity index (χ0v) is 12.7. The Bertz CT molecular complexity index is 550. The number of rotatable bonds is 4. The van der Waals surface area contributed by atoms with Crippen LogP contribution in [-0.2, 0) is 9.47 Å². The van der Waals surface area contributed by atoms with Gasteiger partial charge in [-0.05, 0) is 31.2 Å². The normalized spacial score (nSPS) is 21.6. The fraction of sp³-hybridized carbons (Fsp3) is 0.500. The van der Waals surface area contributed by atoms with Crippen molar-refractivity contribution in [3.05, 3.63) is 29.8 Å². The lowest BCUT2D eigenvalue weighted by molar-refractivity contribution is -0.0855. The average molecular weight is 303 g/mol. The van der Waals surface area contributed by atoms with Gasteiger partial charge < -0.3 is 14.8 Å². The van der Waals surface area contributed by atoms with E-state index in [1.165, 1.54) is 0 Å². The summed E-state index contributed by atoms with van der Waals surface area (Å²) in [7, 11) is 0. The fourth-order valence-electron chi connectivity index (χ4n) is 2.51. The van der Waals surface area contributed by atoms with Crippen LogP contribution >= 0.6 is 0 Å². The molecule has 0 aromatic heterocycles. The molecule has 1 aromatic carbocycles. The second-order valence-corrected chi connectivity index (χ2v) is 5.53. The summed E-state index contributed by atoms with van der Waals surface area (Å²) in [4.78, 5) is 12.1. The maximum absolute atomic E-state index is 12.1. The first-order valence-corrected chi connectivity index (χ1v) is 7.61. The van der Waals surface area contributed by atoms with Gasteiger partial charge in [-0.25, -0.2) is 0 Å². The van der Waals surface area contributed by atoms with Gasteiger partial charge in [-0.2, -0.15) is 5.10 Å². The second-order valence-electron chi connectivity index (χ2n) is 5.53. The van der Waals surface area contributed by atoms with Crippen LogP contribution in [0, 0.1) is 0 Å². The minimum absolute atomic E-state index is 0.0566. The summed E-state index contributed by atoms with van der Waals surface area (Å²) in [6.07, 6.45) is 0.935. The summed E-state index contributed by atoms with van der Waals surface area (Å²) in [5.74, 6) is -0.0955. The van der Waals surface area contributed by atoms with Gasteiger partial charge >= 0.3 is 0 Å². The van der Waals surface area contributed by atoms with E-state index in [0.717, 1.165) is 24.4 Å². The van der Waals surface area contributed by atoms with Crippen LogP contribution in [0.2, 0.25) is 0 Å². The summed E-state index contributed by atoms with van der Waals surface area (Å²) in [6.45, 7) is 5.15. The fourth-order valence-corrected chi connectivity index (χ4v) is 2.51. The van der Waals surface area contributed by atoms with Gasteiger partial charge in [0.1, 0.15) is 0 Å². The molecule has 2 heterocycles. The number of ether oxygens (including phenoxy) is 2. The average Bonchev–Trinajstić information content (AvgIpc) is 3.00. The molecule has 118 valence electrons. The highest BCUT2D eigenvalue weighted by atomic mass is 16.6. The lowest BCUT2D eigenvalue weighted by Crippen LogP contribution is -2.39. The molecule has 22 heavy (non-hydrogen) atoms. The largest absolute Gasteiger partial charge is 0.376 e. The third kappa shape index (κ3) is 3.64. The highest BCUT2D eigenvalue weighted by Crippen LogP contribution is 2.19. The summed E-state index contributed by atoms with van der Waals surface area (Å²) >= 11 is 0. The van der Waals surface area contributed by atoms with Crippen LogP contribution in [0.4, 0.5) is 5.69 Å². The molecule has 1 N–H and O–H groups in total. The van der Waals surface area contributed by atoms with Crippen molar-refractivity contribution in [1.29, 1.82) is 0 Å². The van der Waals surface area contributed by atoms with Crippen LogP contribution in [0.3, 0.4) is 0 Å². The Kier molecular flexibility index (Phi) is 4.70. The smallest absolute Gasteiger partial charge is 0.251 e. The second kappa shape index (κ2) is 6.89. The van der Waals surface area contributed by atoms with E-state index < -0.39 is 0 Å². The van der Waals surface area contributed by atoms with E-state index in [4.69, 9.17) is 9.47 Å². The summed E-state index contributed by atoms with van der Waals surface area (Å²) in [5.41, 5.74) is 2.79. The zero-order chi connectivity index (χ0) is 15.4. The number of amides is 1. The molecule has 2 aliphatic rings.